The minimum Gasteiger partial charge on any atom is -0.444 e. The number of likely N-dealkylation sites (tertiary alicyclic amines) is 1. The highest BCUT2D eigenvalue weighted by molar-refractivity contribution is 6.39. The number of nitrogens with zero attached hydrogens (tertiary/aromatic N) is 4. The van der Waals surface area contributed by atoms with Crippen LogP contribution in [-0.2, 0) is 4.74 Å². The van der Waals surface area contributed by atoms with E-state index >= 15 is 0 Å². The van der Waals surface area contributed by atoms with Crippen molar-refractivity contribution in [2.45, 2.75) is 51.7 Å². The van der Waals surface area contributed by atoms with Crippen molar-refractivity contribution in [2.75, 3.05) is 13.1 Å². The number of halogens is 3. The summed E-state index contributed by atoms with van der Waals surface area (Å²) in [7, 11) is 0. The molecule has 32 heavy (non-hydrogen) atoms. The molecule has 1 unspecified atom stereocenters. The number of benzene rings is 1. The Morgan fingerprint density at radius 3 is 2.53 bits per heavy atom. The molecule has 1 aliphatic rings. The van der Waals surface area contributed by atoms with E-state index in [1.165, 1.54) is 0 Å². The molecule has 0 radical (unpaired) electrons. The highest BCUT2D eigenvalue weighted by Crippen LogP contribution is 2.41. The Kier molecular flexibility index (Phi) is 6.57. The molecule has 170 valence electrons. The summed E-state index contributed by atoms with van der Waals surface area (Å²) in [6.07, 6.45) is 3.85. The molecule has 9 heteroatoms. The number of aromatic nitrogens is 3. The molecular weight excluding hydrogens is 471 g/mol. The third-order valence-corrected chi connectivity index (χ3v) is 6.29. The number of hydrogen-bond acceptors (Lipinski definition) is 4. The predicted octanol–water partition coefficient (Wildman–Crippen LogP) is 7.02. The summed E-state index contributed by atoms with van der Waals surface area (Å²) in [5, 5.41) is 2.15. The van der Waals surface area contributed by atoms with E-state index in [4.69, 9.17) is 39.5 Å². The van der Waals surface area contributed by atoms with E-state index in [-0.39, 0.29) is 17.4 Å². The lowest BCUT2D eigenvalue weighted by molar-refractivity contribution is 0.0255. The van der Waals surface area contributed by atoms with Gasteiger partial charge >= 0.3 is 6.09 Å². The van der Waals surface area contributed by atoms with Crippen LogP contribution >= 0.6 is 34.8 Å². The molecule has 1 amide bonds. The smallest absolute Gasteiger partial charge is 0.410 e. The van der Waals surface area contributed by atoms with E-state index in [0.717, 1.165) is 41.6 Å². The van der Waals surface area contributed by atoms with Gasteiger partial charge in [-0.3, -0.25) is 0 Å². The topological polar surface area (TPSA) is 60.2 Å². The van der Waals surface area contributed by atoms with E-state index < -0.39 is 5.60 Å². The Morgan fingerprint density at radius 1 is 1.12 bits per heavy atom. The summed E-state index contributed by atoms with van der Waals surface area (Å²) in [5.74, 6) is 0. The molecule has 2 aromatic heterocycles. The lowest BCUT2D eigenvalue weighted by Gasteiger charge is -2.26. The lowest BCUT2D eigenvalue weighted by atomic mass is 10.1. The van der Waals surface area contributed by atoms with Gasteiger partial charge in [0.2, 0.25) is 5.28 Å². The second kappa shape index (κ2) is 9.08. The molecule has 0 spiro atoms. The number of fused-ring (bicyclic) bond motifs is 1. The van der Waals surface area contributed by atoms with Crippen molar-refractivity contribution in [3.63, 3.8) is 0 Å². The number of rotatable bonds is 2. The summed E-state index contributed by atoms with van der Waals surface area (Å²) < 4.78 is 7.72. The zero-order valence-corrected chi connectivity index (χ0v) is 20.5. The fraction of sp³-hybridized carbons (Fsp3) is 0.435. The van der Waals surface area contributed by atoms with Crippen LogP contribution in [0.3, 0.4) is 0 Å². The van der Waals surface area contributed by atoms with Crippen LogP contribution in [0.5, 0.6) is 0 Å². The maximum atomic E-state index is 12.6. The van der Waals surface area contributed by atoms with Gasteiger partial charge in [0.15, 0.2) is 0 Å². The van der Waals surface area contributed by atoms with E-state index in [9.17, 15) is 4.79 Å². The molecule has 0 aliphatic carbocycles. The van der Waals surface area contributed by atoms with Crippen LogP contribution in [0.15, 0.2) is 30.5 Å². The first-order valence-electron chi connectivity index (χ1n) is 10.6. The molecule has 3 heterocycles. The Bertz CT molecular complexity index is 1140. The van der Waals surface area contributed by atoms with Crippen molar-refractivity contribution < 1.29 is 9.53 Å². The normalized spacial score (nSPS) is 17.4. The van der Waals surface area contributed by atoms with E-state index in [1.54, 1.807) is 11.1 Å². The fourth-order valence-corrected chi connectivity index (χ4v) is 4.86. The second-order valence-electron chi connectivity index (χ2n) is 8.97. The molecule has 0 N–H and O–H groups in total. The quantitative estimate of drug-likeness (QED) is 0.358. The number of ether oxygens (including phenoxy) is 1. The zero-order valence-electron chi connectivity index (χ0n) is 18.2. The van der Waals surface area contributed by atoms with Gasteiger partial charge < -0.3 is 14.2 Å². The van der Waals surface area contributed by atoms with Crippen LogP contribution < -0.4 is 0 Å². The molecule has 1 atom stereocenters. The largest absolute Gasteiger partial charge is 0.444 e. The first-order chi connectivity index (χ1) is 15.1. The molecule has 3 aromatic rings. The van der Waals surface area contributed by atoms with Gasteiger partial charge in [-0.25, -0.2) is 9.78 Å². The van der Waals surface area contributed by atoms with Gasteiger partial charge in [-0.15, -0.1) is 0 Å². The number of carbonyl (C=O) groups is 1. The summed E-state index contributed by atoms with van der Waals surface area (Å²) >= 11 is 19.3. The molecule has 0 saturated carbocycles. The SMILES string of the molecule is CC(C)(C)OC(=O)N1CCCC(n2c(-c3c(Cl)cccc3Cl)cc3cnc(Cl)nc32)CC1. The maximum Gasteiger partial charge on any atom is 0.410 e. The van der Waals surface area contributed by atoms with E-state index in [2.05, 4.69) is 14.5 Å². The minimum atomic E-state index is -0.527. The maximum absolute atomic E-state index is 12.6. The summed E-state index contributed by atoms with van der Waals surface area (Å²) in [6.45, 7) is 6.85. The van der Waals surface area contributed by atoms with Crippen LogP contribution in [0.4, 0.5) is 4.79 Å². The first kappa shape index (κ1) is 23.1. The Labute approximate surface area is 202 Å². The Hall–Kier alpha value is -2.02. The van der Waals surface area contributed by atoms with Crippen molar-refractivity contribution in [2.24, 2.45) is 0 Å². The molecular formula is C23H25Cl3N4O2. The summed E-state index contributed by atoms with van der Waals surface area (Å²) in [6, 6.07) is 7.53. The van der Waals surface area contributed by atoms with Crippen molar-refractivity contribution in [1.82, 2.24) is 19.4 Å². The fourth-order valence-electron chi connectivity index (χ4n) is 4.14. The average molecular weight is 496 g/mol. The number of amides is 1. The van der Waals surface area contributed by atoms with Gasteiger partial charge in [0.1, 0.15) is 11.2 Å². The zero-order chi connectivity index (χ0) is 23.0. The second-order valence-corrected chi connectivity index (χ2v) is 10.1. The minimum absolute atomic E-state index is 0.0771. The van der Waals surface area contributed by atoms with E-state index in [1.807, 2.05) is 45.0 Å². The highest BCUT2D eigenvalue weighted by Gasteiger charge is 2.28. The molecule has 1 saturated heterocycles. The number of hydrogen-bond donors (Lipinski definition) is 0. The molecule has 1 aromatic carbocycles. The molecule has 6 nitrogen and oxygen atoms in total. The van der Waals surface area contributed by atoms with Crippen molar-refractivity contribution in [3.05, 3.63) is 45.8 Å². The molecule has 0 bridgehead atoms. The van der Waals surface area contributed by atoms with Crippen LogP contribution in [0.25, 0.3) is 22.3 Å². The standard InChI is InChI=1S/C23H25Cl3N4O2/c1-23(2,3)32-22(31)29-10-5-6-15(9-11-29)30-18(19-16(24)7-4-8-17(19)25)12-14-13-27-21(26)28-20(14)30/h4,7-8,12-13,15H,5-6,9-11H2,1-3H3. The van der Waals surface area contributed by atoms with Gasteiger partial charge in [-0.05, 0) is 69.8 Å². The van der Waals surface area contributed by atoms with Gasteiger partial charge in [0, 0.05) is 36.3 Å². The third kappa shape index (κ3) is 4.82. The van der Waals surface area contributed by atoms with E-state index in [0.29, 0.717) is 23.1 Å². The molecule has 1 aliphatic heterocycles. The van der Waals surface area contributed by atoms with Crippen LogP contribution in [0, 0.1) is 0 Å². The molecule has 1 fully saturated rings. The van der Waals surface area contributed by atoms with Gasteiger partial charge in [0.25, 0.3) is 0 Å². The molecule has 4 rings (SSSR count). The lowest BCUT2D eigenvalue weighted by Crippen LogP contribution is -2.37. The van der Waals surface area contributed by atoms with Crippen LogP contribution in [0.1, 0.15) is 46.1 Å². The summed E-state index contributed by atoms with van der Waals surface area (Å²) in [5.41, 5.74) is 1.81. The van der Waals surface area contributed by atoms with Crippen molar-refractivity contribution >= 4 is 51.9 Å². The van der Waals surface area contributed by atoms with Gasteiger partial charge in [-0.2, -0.15) is 4.98 Å². The average Bonchev–Trinajstić information content (AvgIpc) is 2.88. The Morgan fingerprint density at radius 2 is 1.84 bits per heavy atom. The van der Waals surface area contributed by atoms with Crippen LogP contribution in [-0.4, -0.2) is 44.2 Å². The summed E-state index contributed by atoms with van der Waals surface area (Å²) in [4.78, 5) is 23.1. The van der Waals surface area contributed by atoms with Crippen molar-refractivity contribution in [1.29, 1.82) is 0 Å². The van der Waals surface area contributed by atoms with Gasteiger partial charge in [-0.1, -0.05) is 29.3 Å². The Balaban J connectivity index is 1.74. The highest BCUT2D eigenvalue weighted by atomic mass is 35.5. The monoisotopic (exact) mass is 494 g/mol. The first-order valence-corrected chi connectivity index (χ1v) is 11.7. The van der Waals surface area contributed by atoms with Gasteiger partial charge in [0.05, 0.1) is 15.7 Å². The third-order valence-electron chi connectivity index (χ3n) is 5.48. The number of carbonyl (C=O) groups excluding carboxylic acids is 1. The van der Waals surface area contributed by atoms with Crippen LogP contribution in [0.2, 0.25) is 15.3 Å². The predicted molar refractivity (Wildman–Crippen MR) is 129 cm³/mol. The van der Waals surface area contributed by atoms with Crippen molar-refractivity contribution in [3.8, 4) is 11.3 Å².